The molecule has 3 aromatic carbocycles. The summed E-state index contributed by atoms with van der Waals surface area (Å²) in [7, 11) is 0. The van der Waals surface area contributed by atoms with Crippen molar-refractivity contribution in [2.24, 2.45) is 0 Å². The van der Waals surface area contributed by atoms with Gasteiger partial charge in [-0.15, -0.1) is 0 Å². The van der Waals surface area contributed by atoms with Gasteiger partial charge in [0.2, 0.25) is 0 Å². The van der Waals surface area contributed by atoms with Crippen LogP contribution in [0.2, 0.25) is 0 Å². The first-order valence-corrected chi connectivity index (χ1v) is 9.49. The molecule has 0 radical (unpaired) electrons. The van der Waals surface area contributed by atoms with Gasteiger partial charge in [0, 0.05) is 22.9 Å². The predicted octanol–water partition coefficient (Wildman–Crippen LogP) is 5.27. The molecule has 0 aromatic heterocycles. The highest BCUT2D eigenvalue weighted by Gasteiger charge is 2.12. The molecule has 2 N–H and O–H groups in total. The summed E-state index contributed by atoms with van der Waals surface area (Å²) < 4.78 is 0. The third-order valence-electron chi connectivity index (χ3n) is 4.13. The number of nitrogens with zero attached hydrogens (tertiary/aromatic N) is 1. The lowest BCUT2D eigenvalue weighted by molar-refractivity contribution is 0.143. The molecule has 0 aliphatic carbocycles. The summed E-state index contributed by atoms with van der Waals surface area (Å²) in [6, 6.07) is 24.9. The molecule has 3 rings (SSSR count). The number of aromatic hydroxyl groups is 1. The zero-order chi connectivity index (χ0) is 19.1. The Labute approximate surface area is 163 Å². The molecule has 0 spiro atoms. The van der Waals surface area contributed by atoms with Gasteiger partial charge >= 0.3 is 6.09 Å². The van der Waals surface area contributed by atoms with Gasteiger partial charge in [0.1, 0.15) is 5.75 Å². The van der Waals surface area contributed by atoms with E-state index >= 15 is 0 Å². The number of benzene rings is 3. The van der Waals surface area contributed by atoms with Crippen LogP contribution in [0.1, 0.15) is 11.1 Å². The minimum absolute atomic E-state index is 0.254. The van der Waals surface area contributed by atoms with Gasteiger partial charge in [0.15, 0.2) is 0 Å². The molecule has 3 aromatic rings. The largest absolute Gasteiger partial charge is 0.508 e. The Hall–Kier alpha value is -2.92. The van der Waals surface area contributed by atoms with E-state index in [0.29, 0.717) is 19.5 Å². The van der Waals surface area contributed by atoms with Crippen LogP contribution in [-0.4, -0.2) is 27.8 Å². The van der Waals surface area contributed by atoms with E-state index in [1.807, 2.05) is 66.7 Å². The molecule has 0 atom stereocenters. The summed E-state index contributed by atoms with van der Waals surface area (Å²) in [4.78, 5) is 15.0. The van der Waals surface area contributed by atoms with E-state index in [2.05, 4.69) is 0 Å². The second kappa shape index (κ2) is 9.14. The van der Waals surface area contributed by atoms with Crippen molar-refractivity contribution in [2.45, 2.75) is 22.8 Å². The Kier molecular flexibility index (Phi) is 6.39. The van der Waals surface area contributed by atoms with Crippen LogP contribution in [0.4, 0.5) is 4.79 Å². The van der Waals surface area contributed by atoms with E-state index in [1.54, 1.807) is 23.9 Å². The quantitative estimate of drug-likeness (QED) is 0.587. The molecule has 27 heavy (non-hydrogen) atoms. The van der Waals surface area contributed by atoms with E-state index in [0.717, 1.165) is 20.9 Å². The van der Waals surface area contributed by atoms with Gasteiger partial charge in [0.25, 0.3) is 0 Å². The first-order chi connectivity index (χ1) is 13.1. The van der Waals surface area contributed by atoms with Gasteiger partial charge in [-0.05, 0) is 47.9 Å². The van der Waals surface area contributed by atoms with Crippen molar-refractivity contribution in [2.75, 3.05) is 6.54 Å². The molecule has 0 saturated heterocycles. The van der Waals surface area contributed by atoms with Crippen LogP contribution in [0.15, 0.2) is 88.7 Å². The fraction of sp³-hybridized carbons (Fsp3) is 0.136. The number of rotatable bonds is 7. The number of carboxylic acid groups (broad SMARTS) is 1. The highest BCUT2D eigenvalue weighted by atomic mass is 32.2. The molecule has 0 fully saturated rings. The van der Waals surface area contributed by atoms with E-state index < -0.39 is 6.09 Å². The van der Waals surface area contributed by atoms with E-state index in [1.165, 1.54) is 4.90 Å². The van der Waals surface area contributed by atoms with Crippen molar-refractivity contribution in [1.82, 2.24) is 4.90 Å². The maximum absolute atomic E-state index is 11.5. The lowest BCUT2D eigenvalue weighted by Gasteiger charge is -2.19. The van der Waals surface area contributed by atoms with E-state index in [9.17, 15) is 15.0 Å². The zero-order valence-electron chi connectivity index (χ0n) is 14.8. The molecule has 0 saturated carbocycles. The molecule has 4 nitrogen and oxygen atoms in total. The molecule has 0 bridgehead atoms. The third kappa shape index (κ3) is 5.79. The average molecular weight is 379 g/mol. The van der Waals surface area contributed by atoms with Crippen LogP contribution >= 0.6 is 11.8 Å². The SMILES string of the molecule is O=C(O)N(CCc1ccc(Sc2cccc(O)c2)cc1)Cc1ccccc1. The van der Waals surface area contributed by atoms with Crippen LogP contribution in [0, 0.1) is 0 Å². The standard InChI is InChI=1S/C22H21NO3S/c24-19-7-4-8-21(15-19)27-20-11-9-17(10-12-20)13-14-23(22(25)26)16-18-5-2-1-3-6-18/h1-12,15,24H,13-14,16H2,(H,25,26). The Morgan fingerprint density at radius 2 is 1.59 bits per heavy atom. The molecule has 0 heterocycles. The van der Waals surface area contributed by atoms with Crippen LogP contribution < -0.4 is 0 Å². The van der Waals surface area contributed by atoms with Crippen molar-refractivity contribution in [1.29, 1.82) is 0 Å². The van der Waals surface area contributed by atoms with E-state index in [-0.39, 0.29) is 5.75 Å². The first kappa shape index (κ1) is 18.9. The Bertz CT molecular complexity index is 882. The highest BCUT2D eigenvalue weighted by molar-refractivity contribution is 7.99. The summed E-state index contributed by atoms with van der Waals surface area (Å²) >= 11 is 1.58. The van der Waals surface area contributed by atoms with Crippen LogP contribution in [-0.2, 0) is 13.0 Å². The van der Waals surface area contributed by atoms with Crippen molar-refractivity contribution in [3.8, 4) is 5.75 Å². The van der Waals surface area contributed by atoms with Crippen molar-refractivity contribution < 1.29 is 15.0 Å². The number of phenolic OH excluding ortho intramolecular Hbond substituents is 1. The van der Waals surface area contributed by atoms with Gasteiger partial charge < -0.3 is 15.1 Å². The second-order valence-corrected chi connectivity index (χ2v) is 7.33. The lowest BCUT2D eigenvalue weighted by atomic mass is 10.1. The van der Waals surface area contributed by atoms with Gasteiger partial charge in [-0.3, -0.25) is 0 Å². The fourth-order valence-electron chi connectivity index (χ4n) is 2.72. The van der Waals surface area contributed by atoms with Gasteiger partial charge in [-0.25, -0.2) is 4.79 Å². The van der Waals surface area contributed by atoms with Crippen LogP contribution in [0.25, 0.3) is 0 Å². The molecule has 0 unspecified atom stereocenters. The van der Waals surface area contributed by atoms with E-state index in [4.69, 9.17) is 0 Å². The number of phenols is 1. The molecule has 138 valence electrons. The maximum Gasteiger partial charge on any atom is 0.407 e. The number of amides is 1. The molecule has 1 amide bonds. The van der Waals surface area contributed by atoms with Gasteiger partial charge in [-0.2, -0.15) is 0 Å². The topological polar surface area (TPSA) is 60.8 Å². The number of hydrogen-bond acceptors (Lipinski definition) is 3. The number of hydrogen-bond donors (Lipinski definition) is 2. The predicted molar refractivity (Wildman–Crippen MR) is 107 cm³/mol. The minimum Gasteiger partial charge on any atom is -0.508 e. The fourth-order valence-corrected chi connectivity index (χ4v) is 3.59. The normalized spacial score (nSPS) is 10.5. The zero-order valence-corrected chi connectivity index (χ0v) is 15.6. The minimum atomic E-state index is -0.907. The Morgan fingerprint density at radius 3 is 2.26 bits per heavy atom. The molecule has 0 aliphatic heterocycles. The molecule has 5 heteroatoms. The molecule has 0 aliphatic rings. The monoisotopic (exact) mass is 379 g/mol. The maximum atomic E-state index is 11.5. The number of carbonyl (C=O) groups is 1. The van der Waals surface area contributed by atoms with Crippen molar-refractivity contribution in [3.05, 3.63) is 90.0 Å². The van der Waals surface area contributed by atoms with Crippen molar-refractivity contribution >= 4 is 17.9 Å². The second-order valence-electron chi connectivity index (χ2n) is 6.18. The smallest absolute Gasteiger partial charge is 0.407 e. The Balaban J connectivity index is 1.57. The Morgan fingerprint density at radius 1 is 0.852 bits per heavy atom. The van der Waals surface area contributed by atoms with Gasteiger partial charge in [0.05, 0.1) is 0 Å². The third-order valence-corrected chi connectivity index (χ3v) is 5.13. The summed E-state index contributed by atoms with van der Waals surface area (Å²) in [5, 5.41) is 19.0. The highest BCUT2D eigenvalue weighted by Crippen LogP contribution is 2.29. The first-order valence-electron chi connectivity index (χ1n) is 8.68. The van der Waals surface area contributed by atoms with Crippen molar-refractivity contribution in [3.63, 3.8) is 0 Å². The average Bonchev–Trinajstić information content (AvgIpc) is 2.67. The van der Waals surface area contributed by atoms with Crippen LogP contribution in [0.3, 0.4) is 0 Å². The lowest BCUT2D eigenvalue weighted by Crippen LogP contribution is -2.30. The molecular weight excluding hydrogens is 358 g/mol. The van der Waals surface area contributed by atoms with Crippen LogP contribution in [0.5, 0.6) is 5.75 Å². The summed E-state index contributed by atoms with van der Waals surface area (Å²) in [6.07, 6.45) is -0.245. The summed E-state index contributed by atoms with van der Waals surface area (Å²) in [6.45, 7) is 0.838. The summed E-state index contributed by atoms with van der Waals surface area (Å²) in [5.74, 6) is 0.254. The molecular formula is C22H21NO3S. The van der Waals surface area contributed by atoms with Gasteiger partial charge in [-0.1, -0.05) is 60.3 Å². The summed E-state index contributed by atoms with van der Waals surface area (Å²) in [5.41, 5.74) is 2.08.